The average Bonchev–Trinajstić information content (AvgIpc) is 3.40. The van der Waals surface area contributed by atoms with Crippen molar-refractivity contribution in [3.8, 4) is 0 Å². The third kappa shape index (κ3) is 6.11. The number of guanidine groups is 1. The lowest BCUT2D eigenvalue weighted by atomic mass is 10.0. The van der Waals surface area contributed by atoms with Gasteiger partial charge in [0, 0.05) is 65.5 Å². The maximum absolute atomic E-state index is 12.1. The summed E-state index contributed by atoms with van der Waals surface area (Å²) in [5.41, 5.74) is 1.23. The second kappa shape index (κ2) is 10.5. The predicted molar refractivity (Wildman–Crippen MR) is 118 cm³/mol. The van der Waals surface area contributed by atoms with Crippen LogP contribution in [0.3, 0.4) is 0 Å². The fraction of sp³-hybridized carbons (Fsp3) is 0.714. The molecule has 1 unspecified atom stereocenters. The largest absolute Gasteiger partial charge is 0.450 e. The minimum atomic E-state index is -0.245. The molecular formula is C21H35N7O3. The second-order valence-corrected chi connectivity index (χ2v) is 8.41. The average molecular weight is 434 g/mol. The summed E-state index contributed by atoms with van der Waals surface area (Å²) in [5, 5.41) is 7.86. The Morgan fingerprint density at radius 2 is 1.94 bits per heavy atom. The van der Waals surface area contributed by atoms with Crippen molar-refractivity contribution in [3.05, 3.63) is 18.0 Å². The lowest BCUT2D eigenvalue weighted by molar-refractivity contribution is -0.127. The normalized spacial score (nSPS) is 20.1. The molecule has 2 aliphatic rings. The van der Waals surface area contributed by atoms with E-state index in [1.165, 1.54) is 5.56 Å². The van der Waals surface area contributed by atoms with Gasteiger partial charge in [0.15, 0.2) is 5.96 Å². The molecule has 1 aromatic heterocycles. The molecule has 3 heterocycles. The van der Waals surface area contributed by atoms with Gasteiger partial charge in [0.25, 0.3) is 0 Å². The van der Waals surface area contributed by atoms with Crippen LogP contribution in [0.4, 0.5) is 4.79 Å². The summed E-state index contributed by atoms with van der Waals surface area (Å²) in [6.45, 7) is 5.35. The summed E-state index contributed by atoms with van der Waals surface area (Å²) in [6.07, 6.45) is 6.41. The molecule has 2 fully saturated rings. The first-order chi connectivity index (χ1) is 14.9. The topological polar surface area (TPSA) is 95.3 Å². The number of rotatable bonds is 5. The van der Waals surface area contributed by atoms with E-state index in [4.69, 9.17) is 4.74 Å². The number of aryl methyl sites for hydroxylation is 1. The zero-order valence-electron chi connectivity index (χ0n) is 19.1. The molecule has 2 aliphatic heterocycles. The molecule has 172 valence electrons. The Balaban J connectivity index is 1.63. The quantitative estimate of drug-likeness (QED) is 0.547. The number of nitrogens with zero attached hydrogens (tertiary/aromatic N) is 6. The molecule has 2 saturated heterocycles. The fourth-order valence-corrected chi connectivity index (χ4v) is 4.00. The number of likely N-dealkylation sites (N-methyl/N-ethyl adjacent to an activating group) is 1. The smallest absolute Gasteiger partial charge is 0.409 e. The van der Waals surface area contributed by atoms with Crippen molar-refractivity contribution in [1.29, 1.82) is 0 Å². The van der Waals surface area contributed by atoms with Gasteiger partial charge in [0.05, 0.1) is 12.8 Å². The van der Waals surface area contributed by atoms with E-state index in [1.807, 2.05) is 24.9 Å². The van der Waals surface area contributed by atoms with E-state index in [0.29, 0.717) is 25.6 Å². The maximum Gasteiger partial charge on any atom is 0.409 e. The highest BCUT2D eigenvalue weighted by atomic mass is 16.6. The number of amides is 2. The van der Waals surface area contributed by atoms with Crippen molar-refractivity contribution in [2.45, 2.75) is 38.1 Å². The van der Waals surface area contributed by atoms with Gasteiger partial charge in [-0.1, -0.05) is 0 Å². The van der Waals surface area contributed by atoms with Crippen LogP contribution in [-0.2, 0) is 16.6 Å². The number of hydrogen-bond donors (Lipinski definition) is 1. The number of nitrogens with one attached hydrogen (secondary N) is 1. The van der Waals surface area contributed by atoms with E-state index < -0.39 is 0 Å². The number of carbonyl (C=O) groups is 2. The first kappa shape index (κ1) is 22.9. The molecule has 3 rings (SSSR count). The van der Waals surface area contributed by atoms with E-state index in [-0.39, 0.29) is 24.6 Å². The first-order valence-corrected chi connectivity index (χ1v) is 11.0. The van der Waals surface area contributed by atoms with Crippen molar-refractivity contribution < 1.29 is 14.3 Å². The molecule has 0 radical (unpaired) electrons. The van der Waals surface area contributed by atoms with Crippen LogP contribution in [0.25, 0.3) is 0 Å². The van der Waals surface area contributed by atoms with Gasteiger partial charge in [-0.3, -0.25) is 9.48 Å². The Bertz CT molecular complexity index is 784. The fourth-order valence-electron chi connectivity index (χ4n) is 4.00. The number of aliphatic imine (C=N–C) groups is 1. The van der Waals surface area contributed by atoms with Gasteiger partial charge in [-0.15, -0.1) is 0 Å². The number of aromatic nitrogens is 2. The summed E-state index contributed by atoms with van der Waals surface area (Å²) < 4.78 is 6.94. The molecule has 1 aromatic rings. The molecule has 2 amide bonds. The number of carbonyl (C=O) groups excluding carboxylic acids is 2. The molecule has 1 atom stereocenters. The number of hydrogen-bond acceptors (Lipinski definition) is 5. The molecule has 10 heteroatoms. The number of ether oxygens (including phenoxy) is 1. The van der Waals surface area contributed by atoms with Gasteiger partial charge in [-0.2, -0.15) is 5.10 Å². The van der Waals surface area contributed by atoms with Crippen LogP contribution in [0, 0.1) is 0 Å². The summed E-state index contributed by atoms with van der Waals surface area (Å²) in [6, 6.07) is 0.205. The van der Waals surface area contributed by atoms with Crippen LogP contribution in [0.5, 0.6) is 0 Å². The van der Waals surface area contributed by atoms with Gasteiger partial charge >= 0.3 is 6.09 Å². The van der Waals surface area contributed by atoms with E-state index in [1.54, 1.807) is 23.9 Å². The van der Waals surface area contributed by atoms with E-state index in [2.05, 4.69) is 26.5 Å². The third-order valence-electron chi connectivity index (χ3n) is 5.90. The Morgan fingerprint density at radius 3 is 2.55 bits per heavy atom. The van der Waals surface area contributed by atoms with Crippen molar-refractivity contribution >= 4 is 18.0 Å². The van der Waals surface area contributed by atoms with Gasteiger partial charge in [-0.25, -0.2) is 9.79 Å². The molecule has 0 aliphatic carbocycles. The minimum absolute atomic E-state index is 0.0283. The molecule has 1 N–H and O–H groups in total. The Kier molecular flexibility index (Phi) is 7.75. The van der Waals surface area contributed by atoms with Gasteiger partial charge < -0.3 is 24.8 Å². The lowest BCUT2D eigenvalue weighted by Gasteiger charge is -2.34. The molecule has 31 heavy (non-hydrogen) atoms. The van der Waals surface area contributed by atoms with Crippen LogP contribution in [0.2, 0.25) is 0 Å². The number of piperidine rings is 1. The summed E-state index contributed by atoms with van der Waals surface area (Å²) in [7, 11) is 5.41. The zero-order chi connectivity index (χ0) is 22.4. The van der Waals surface area contributed by atoms with Crippen molar-refractivity contribution in [2.75, 3.05) is 53.4 Å². The van der Waals surface area contributed by atoms with Gasteiger partial charge in [0.1, 0.15) is 6.54 Å². The van der Waals surface area contributed by atoms with E-state index >= 15 is 0 Å². The number of likely N-dealkylation sites (tertiary alicyclic amines) is 2. The monoisotopic (exact) mass is 433 g/mol. The Morgan fingerprint density at radius 1 is 1.23 bits per heavy atom. The Hall–Kier alpha value is -2.78. The van der Waals surface area contributed by atoms with Crippen molar-refractivity contribution in [2.24, 2.45) is 12.0 Å². The first-order valence-electron chi connectivity index (χ1n) is 11.0. The highest BCUT2D eigenvalue weighted by molar-refractivity contribution is 5.85. The Labute approximate surface area is 184 Å². The minimum Gasteiger partial charge on any atom is -0.450 e. The summed E-state index contributed by atoms with van der Waals surface area (Å²) in [5.74, 6) is 1.14. The summed E-state index contributed by atoms with van der Waals surface area (Å²) in [4.78, 5) is 34.3. The van der Waals surface area contributed by atoms with E-state index in [9.17, 15) is 9.59 Å². The zero-order valence-corrected chi connectivity index (χ0v) is 19.1. The molecule has 0 spiro atoms. The van der Waals surface area contributed by atoms with Gasteiger partial charge in [0.2, 0.25) is 5.91 Å². The van der Waals surface area contributed by atoms with Crippen LogP contribution in [0.1, 0.15) is 37.7 Å². The second-order valence-electron chi connectivity index (χ2n) is 8.41. The maximum atomic E-state index is 12.1. The van der Waals surface area contributed by atoms with Crippen molar-refractivity contribution in [3.63, 3.8) is 0 Å². The lowest BCUT2D eigenvalue weighted by Crippen LogP contribution is -2.50. The molecule has 0 aromatic carbocycles. The molecule has 0 bridgehead atoms. The van der Waals surface area contributed by atoms with Crippen LogP contribution in [-0.4, -0.2) is 102 Å². The van der Waals surface area contributed by atoms with Crippen LogP contribution >= 0.6 is 0 Å². The van der Waals surface area contributed by atoms with E-state index in [0.717, 1.165) is 38.3 Å². The van der Waals surface area contributed by atoms with Crippen LogP contribution in [0.15, 0.2) is 17.4 Å². The van der Waals surface area contributed by atoms with Crippen LogP contribution < -0.4 is 5.32 Å². The predicted octanol–water partition coefficient (Wildman–Crippen LogP) is 0.864. The molecule has 10 nitrogen and oxygen atoms in total. The van der Waals surface area contributed by atoms with Crippen molar-refractivity contribution in [1.82, 2.24) is 29.8 Å². The summed E-state index contributed by atoms with van der Waals surface area (Å²) >= 11 is 0. The third-order valence-corrected chi connectivity index (χ3v) is 5.90. The van der Waals surface area contributed by atoms with Gasteiger partial charge in [-0.05, 0) is 31.7 Å². The highest BCUT2D eigenvalue weighted by Gasteiger charge is 2.30. The molecule has 0 saturated carbocycles. The SMILES string of the molecule is CCOC(=O)N1CCC(NC(=NCC(=O)N(C)C)N2CCC(c3cnn(C)c3)C2)CC1. The molecular weight excluding hydrogens is 398 g/mol. The highest BCUT2D eigenvalue weighted by Crippen LogP contribution is 2.27. The standard InChI is InChI=1S/C21H35N7O3/c1-5-31-21(30)27-10-7-18(8-11-27)24-20(22-13-19(29)25(2)3)28-9-6-16(15-28)17-12-23-26(4)14-17/h12,14,16,18H,5-11,13,15H2,1-4H3,(H,22,24).